The van der Waals surface area contributed by atoms with Crippen LogP contribution in [0, 0.1) is 0 Å². The van der Waals surface area contributed by atoms with E-state index in [4.69, 9.17) is 13.8 Å². The van der Waals surface area contributed by atoms with Gasteiger partial charge < -0.3 is 14.6 Å². The number of allylic oxidation sites excluding steroid dienone is 1. The Kier molecular flexibility index (Phi) is 4.36. The Hall–Kier alpha value is -1.21. The van der Waals surface area contributed by atoms with Crippen LogP contribution in [0.3, 0.4) is 0 Å². The van der Waals surface area contributed by atoms with Crippen LogP contribution in [-0.4, -0.2) is 47.3 Å². The molecule has 3 heterocycles. The van der Waals surface area contributed by atoms with Crippen LogP contribution < -0.4 is 5.32 Å². The standard InChI is InChI=1S/C15H22FN2O5P/c1-5-15(16)12-11(8-21-24(20,23-12)9(2)3)22-13(15)18-7-6-10(4)17-14(18)19/h6-7,9,11-13H,4-5,8H2,1-3H3,(H,17,19)/t11-,12-,13-,15-,24?/m1/s1. The Morgan fingerprint density at radius 3 is 2.88 bits per heavy atom. The Morgan fingerprint density at radius 1 is 1.58 bits per heavy atom. The predicted octanol–water partition coefficient (Wildman–Crippen LogP) is 2.90. The van der Waals surface area contributed by atoms with Crippen LogP contribution in [0.4, 0.5) is 9.18 Å². The fourth-order valence-corrected chi connectivity index (χ4v) is 4.64. The number of ether oxygens (including phenoxy) is 1. The Balaban J connectivity index is 1.92. The first kappa shape index (κ1) is 17.6. The average molecular weight is 360 g/mol. The molecular weight excluding hydrogens is 338 g/mol. The largest absolute Gasteiger partial charge is 0.346 e. The van der Waals surface area contributed by atoms with Gasteiger partial charge in [0.25, 0.3) is 0 Å². The van der Waals surface area contributed by atoms with Gasteiger partial charge in [0.1, 0.15) is 12.2 Å². The van der Waals surface area contributed by atoms with Gasteiger partial charge in [0, 0.05) is 11.9 Å². The molecule has 0 bridgehead atoms. The van der Waals surface area contributed by atoms with Gasteiger partial charge in [-0.3, -0.25) is 14.0 Å². The van der Waals surface area contributed by atoms with Crippen molar-refractivity contribution in [1.29, 1.82) is 0 Å². The third-order valence-electron chi connectivity index (χ3n) is 4.57. The predicted molar refractivity (Wildman–Crippen MR) is 85.0 cm³/mol. The number of nitrogens with one attached hydrogen (secondary N) is 1. The molecule has 2 saturated heterocycles. The maximum absolute atomic E-state index is 15.8. The van der Waals surface area contributed by atoms with Crippen LogP contribution >= 0.6 is 7.60 Å². The highest BCUT2D eigenvalue weighted by atomic mass is 31.2. The van der Waals surface area contributed by atoms with Gasteiger partial charge in [-0.15, -0.1) is 0 Å². The van der Waals surface area contributed by atoms with E-state index in [1.165, 1.54) is 6.20 Å². The lowest BCUT2D eigenvalue weighted by Crippen LogP contribution is -2.55. The first-order valence-corrected chi connectivity index (χ1v) is 9.56. The molecule has 24 heavy (non-hydrogen) atoms. The zero-order chi connectivity index (χ0) is 17.7. The number of fused-ring (bicyclic) bond motifs is 1. The summed E-state index contributed by atoms with van der Waals surface area (Å²) in [5, 5.41) is 2.52. The minimum Gasteiger partial charge on any atom is -0.346 e. The van der Waals surface area contributed by atoms with Gasteiger partial charge in [0.05, 0.1) is 12.3 Å². The monoisotopic (exact) mass is 360 g/mol. The first-order valence-electron chi connectivity index (χ1n) is 7.94. The lowest BCUT2D eigenvalue weighted by atomic mass is 9.92. The molecule has 3 aliphatic rings. The molecule has 0 aromatic heterocycles. The summed E-state index contributed by atoms with van der Waals surface area (Å²) >= 11 is 0. The maximum Gasteiger partial charge on any atom is 0.333 e. The summed E-state index contributed by atoms with van der Waals surface area (Å²) in [7, 11) is -3.41. The van der Waals surface area contributed by atoms with Gasteiger partial charge in [-0.2, -0.15) is 0 Å². The van der Waals surface area contributed by atoms with Crippen LogP contribution in [-0.2, 0) is 18.3 Å². The quantitative estimate of drug-likeness (QED) is 0.783. The van der Waals surface area contributed by atoms with Crippen molar-refractivity contribution >= 4 is 13.6 Å². The lowest BCUT2D eigenvalue weighted by molar-refractivity contribution is -0.0761. The van der Waals surface area contributed by atoms with Crippen molar-refractivity contribution in [3.63, 3.8) is 0 Å². The second-order valence-corrected chi connectivity index (χ2v) is 9.02. The van der Waals surface area contributed by atoms with Crippen LogP contribution in [0.15, 0.2) is 24.6 Å². The Bertz CT molecular complexity index is 639. The number of urea groups is 1. The topological polar surface area (TPSA) is 77.1 Å². The molecule has 7 nitrogen and oxygen atoms in total. The van der Waals surface area contributed by atoms with E-state index < -0.39 is 37.7 Å². The molecule has 2 fully saturated rings. The van der Waals surface area contributed by atoms with Gasteiger partial charge in [0.15, 0.2) is 11.9 Å². The summed E-state index contributed by atoms with van der Waals surface area (Å²) in [6, 6.07) is -0.533. The van der Waals surface area contributed by atoms with Gasteiger partial charge in [-0.05, 0) is 12.5 Å². The van der Waals surface area contributed by atoms with Gasteiger partial charge in [-0.25, -0.2) is 9.18 Å². The van der Waals surface area contributed by atoms with Gasteiger partial charge >= 0.3 is 13.6 Å². The van der Waals surface area contributed by atoms with Gasteiger partial charge in [-0.1, -0.05) is 27.4 Å². The van der Waals surface area contributed by atoms with Crippen molar-refractivity contribution in [2.24, 2.45) is 0 Å². The van der Waals surface area contributed by atoms with E-state index in [1.807, 2.05) is 0 Å². The molecule has 0 aromatic rings. The molecular formula is C15H22FN2O5P. The lowest BCUT2D eigenvalue weighted by Gasteiger charge is -2.38. The van der Waals surface area contributed by atoms with Crippen LogP contribution in [0.5, 0.6) is 0 Å². The number of amides is 2. The number of carbonyl (C=O) groups is 1. The van der Waals surface area contributed by atoms with Crippen molar-refractivity contribution in [1.82, 2.24) is 10.2 Å². The number of nitrogens with zero attached hydrogens (tertiary/aromatic N) is 1. The summed E-state index contributed by atoms with van der Waals surface area (Å²) in [4.78, 5) is 13.3. The molecule has 2 amide bonds. The second kappa shape index (κ2) is 5.95. The highest BCUT2D eigenvalue weighted by molar-refractivity contribution is 7.54. The van der Waals surface area contributed by atoms with Crippen molar-refractivity contribution in [2.75, 3.05) is 6.61 Å². The number of rotatable bonds is 3. The molecule has 5 atom stereocenters. The molecule has 3 rings (SSSR count). The second-order valence-electron chi connectivity index (χ2n) is 6.44. The van der Waals surface area contributed by atoms with Crippen LogP contribution in [0.2, 0.25) is 0 Å². The van der Waals surface area contributed by atoms with E-state index in [0.29, 0.717) is 5.70 Å². The number of alkyl halides is 1. The van der Waals surface area contributed by atoms with E-state index >= 15 is 4.39 Å². The third kappa shape index (κ3) is 2.62. The zero-order valence-corrected chi connectivity index (χ0v) is 14.8. The van der Waals surface area contributed by atoms with E-state index in [0.717, 1.165) is 4.90 Å². The SMILES string of the molecule is C=C1C=CN([C@@H]2O[C@@H]3COP(=O)(C(C)C)O[C@H]3[C@]2(F)CC)C(=O)N1. The van der Waals surface area contributed by atoms with Crippen molar-refractivity contribution in [3.05, 3.63) is 24.6 Å². The fraction of sp³-hybridized carbons (Fsp3) is 0.667. The molecule has 0 radical (unpaired) electrons. The molecule has 9 heteroatoms. The van der Waals surface area contributed by atoms with E-state index in [9.17, 15) is 9.36 Å². The normalized spacial score (nSPS) is 42.4. The summed E-state index contributed by atoms with van der Waals surface area (Å²) < 4.78 is 45.1. The molecule has 0 aliphatic carbocycles. The van der Waals surface area contributed by atoms with Crippen molar-refractivity contribution in [2.45, 2.75) is 57.0 Å². The highest BCUT2D eigenvalue weighted by Gasteiger charge is 2.64. The first-order chi connectivity index (χ1) is 11.2. The van der Waals surface area contributed by atoms with E-state index in [2.05, 4.69) is 11.9 Å². The minimum absolute atomic E-state index is 0.0336. The Labute approximate surface area is 140 Å². The summed E-state index contributed by atoms with van der Waals surface area (Å²) in [5.74, 6) is 0. The van der Waals surface area contributed by atoms with Crippen molar-refractivity contribution < 1.29 is 27.5 Å². The molecule has 0 saturated carbocycles. The van der Waals surface area contributed by atoms with E-state index in [1.54, 1.807) is 26.8 Å². The fourth-order valence-electron chi connectivity index (χ4n) is 3.06. The maximum atomic E-state index is 15.8. The summed E-state index contributed by atoms with van der Waals surface area (Å²) in [6.45, 7) is 8.64. The molecule has 1 unspecified atom stereocenters. The van der Waals surface area contributed by atoms with E-state index in [-0.39, 0.29) is 18.7 Å². The zero-order valence-electron chi connectivity index (χ0n) is 13.9. The summed E-state index contributed by atoms with van der Waals surface area (Å²) in [5.41, 5.74) is -1.98. The minimum atomic E-state index is -3.41. The average Bonchev–Trinajstić information content (AvgIpc) is 2.81. The highest BCUT2D eigenvalue weighted by Crippen LogP contribution is 2.60. The number of hydrogen-bond donors (Lipinski definition) is 1. The van der Waals surface area contributed by atoms with Crippen LogP contribution in [0.25, 0.3) is 0 Å². The molecule has 1 N–H and O–H groups in total. The van der Waals surface area contributed by atoms with Gasteiger partial charge in [0.2, 0.25) is 0 Å². The third-order valence-corrected chi connectivity index (χ3v) is 6.86. The number of halogens is 1. The molecule has 0 spiro atoms. The number of carbonyl (C=O) groups excluding carboxylic acids is 1. The van der Waals surface area contributed by atoms with Crippen LogP contribution in [0.1, 0.15) is 27.2 Å². The molecule has 3 aliphatic heterocycles. The number of hydrogen-bond acceptors (Lipinski definition) is 5. The smallest absolute Gasteiger partial charge is 0.333 e. The molecule has 134 valence electrons. The summed E-state index contributed by atoms with van der Waals surface area (Å²) in [6.07, 6.45) is 0.0436. The Morgan fingerprint density at radius 2 is 2.29 bits per heavy atom. The molecule has 0 aromatic carbocycles. The van der Waals surface area contributed by atoms with Crippen molar-refractivity contribution in [3.8, 4) is 0 Å².